The zero-order chi connectivity index (χ0) is 46.5. The van der Waals surface area contributed by atoms with E-state index in [0.29, 0.717) is 0 Å². The van der Waals surface area contributed by atoms with Crippen molar-refractivity contribution in [2.75, 3.05) is 0 Å². The van der Waals surface area contributed by atoms with Gasteiger partial charge in [-0.1, -0.05) is 231 Å². The fraction of sp³-hybridized carbons (Fsp3) is 0.0294. The van der Waals surface area contributed by atoms with E-state index in [9.17, 15) is 0 Å². The maximum atomic E-state index is 6.37. The maximum absolute atomic E-state index is 6.37. The molecule has 13 aromatic rings. The minimum atomic E-state index is -1.85. The van der Waals surface area contributed by atoms with Crippen LogP contribution in [0.5, 0.6) is 0 Å². The lowest BCUT2D eigenvalue weighted by atomic mass is 9.81. The smallest absolute Gasteiger partial charge is 0.135 e. The molecule has 0 spiro atoms. The normalized spacial score (nSPS) is 12.8. The van der Waals surface area contributed by atoms with Gasteiger partial charge in [0.05, 0.1) is 0 Å². The summed E-state index contributed by atoms with van der Waals surface area (Å²) in [4.78, 5) is 0. The van der Waals surface area contributed by atoms with E-state index in [4.69, 9.17) is 4.42 Å². The summed E-state index contributed by atoms with van der Waals surface area (Å²) in [6.07, 6.45) is 0. The summed E-state index contributed by atoms with van der Waals surface area (Å²) in [5, 5.41) is 12.7. The third kappa shape index (κ3) is 6.10. The van der Waals surface area contributed by atoms with Crippen molar-refractivity contribution in [3.8, 4) is 77.9 Å². The van der Waals surface area contributed by atoms with Gasteiger partial charge in [-0.05, 0) is 145 Å². The van der Waals surface area contributed by atoms with Crippen molar-refractivity contribution in [3.63, 3.8) is 0 Å². The second-order valence-corrected chi connectivity index (χ2v) is 23.8. The number of hydrogen-bond donors (Lipinski definition) is 0. The molecule has 0 radical (unpaired) electrons. The van der Waals surface area contributed by atoms with Crippen LogP contribution in [0.15, 0.2) is 247 Å². The number of rotatable bonds is 6. The Labute approximate surface area is 408 Å². The quantitative estimate of drug-likeness (QED) is 0.120. The van der Waals surface area contributed by atoms with Crippen LogP contribution in [0.3, 0.4) is 0 Å². The van der Waals surface area contributed by atoms with Crippen LogP contribution in [0, 0.1) is 0 Å². The van der Waals surface area contributed by atoms with Gasteiger partial charge in [-0.2, -0.15) is 0 Å². The van der Waals surface area contributed by atoms with Crippen molar-refractivity contribution < 1.29 is 4.42 Å². The lowest BCUT2D eigenvalue weighted by molar-refractivity contribution is 0.669. The Kier molecular flexibility index (Phi) is 9.11. The van der Waals surface area contributed by atoms with Crippen LogP contribution in [-0.4, -0.2) is 8.07 Å². The predicted molar refractivity (Wildman–Crippen MR) is 301 cm³/mol. The molecule has 2 heterocycles. The number of benzene rings is 12. The van der Waals surface area contributed by atoms with E-state index >= 15 is 0 Å². The summed E-state index contributed by atoms with van der Waals surface area (Å²) in [5.74, 6) is 0. The summed E-state index contributed by atoms with van der Waals surface area (Å²) < 4.78 is 6.37. The first-order chi connectivity index (χ1) is 34.5. The highest BCUT2D eigenvalue weighted by molar-refractivity contribution is 7.03. The van der Waals surface area contributed by atoms with Crippen molar-refractivity contribution >= 4 is 72.7 Å². The highest BCUT2D eigenvalue weighted by Gasteiger charge is 2.37. The Bertz CT molecular complexity index is 4210. The van der Waals surface area contributed by atoms with E-state index in [-0.39, 0.29) is 0 Å². The molecule has 0 fully saturated rings. The van der Waals surface area contributed by atoms with Gasteiger partial charge in [-0.25, -0.2) is 0 Å². The van der Waals surface area contributed by atoms with E-state index in [1.807, 2.05) is 6.07 Å². The third-order valence-electron chi connectivity index (χ3n) is 15.3. The molecule has 1 aliphatic heterocycles. The van der Waals surface area contributed by atoms with Crippen LogP contribution < -0.4 is 10.4 Å². The molecule has 0 saturated carbocycles. The van der Waals surface area contributed by atoms with Gasteiger partial charge in [0.1, 0.15) is 19.2 Å². The molecule has 0 aliphatic carbocycles. The zero-order valence-electron chi connectivity index (χ0n) is 39.0. The van der Waals surface area contributed by atoms with Gasteiger partial charge in [0, 0.05) is 10.8 Å². The van der Waals surface area contributed by atoms with Gasteiger partial charge in [-0.15, -0.1) is 0 Å². The second-order valence-electron chi connectivity index (χ2n) is 19.4. The Morgan fingerprint density at radius 2 is 0.700 bits per heavy atom. The average molecular weight is 907 g/mol. The first-order valence-electron chi connectivity index (χ1n) is 24.4. The summed E-state index contributed by atoms with van der Waals surface area (Å²) in [5.41, 5.74) is 19.2. The fourth-order valence-corrected chi connectivity index (χ4v) is 15.2. The van der Waals surface area contributed by atoms with Crippen LogP contribution in [0.2, 0.25) is 13.1 Å². The van der Waals surface area contributed by atoms with Crippen molar-refractivity contribution in [1.82, 2.24) is 0 Å². The molecule has 12 aromatic carbocycles. The molecular weight excluding hydrogens is 861 g/mol. The maximum Gasteiger partial charge on any atom is 0.135 e. The van der Waals surface area contributed by atoms with Crippen LogP contribution >= 0.6 is 0 Å². The van der Waals surface area contributed by atoms with Crippen LogP contribution in [0.25, 0.3) is 132 Å². The Morgan fingerprint density at radius 1 is 0.243 bits per heavy atom. The SMILES string of the molecule is C[Si]1(C)c2ccccc2-c2cc(-c3cccc(-c4ccc5oc6ccccc6c5c4)c3-c3ccc(-c4c5ccccc5c(-c5ccccc5-c5ccccc5)c5ccccc45)c4ccccc34)ccc21. The van der Waals surface area contributed by atoms with Crippen molar-refractivity contribution in [3.05, 3.63) is 243 Å². The van der Waals surface area contributed by atoms with Gasteiger partial charge in [0.25, 0.3) is 0 Å². The largest absolute Gasteiger partial charge is 0.456 e. The molecule has 2 heteroatoms. The topological polar surface area (TPSA) is 13.1 Å². The van der Waals surface area contributed by atoms with Crippen LogP contribution in [-0.2, 0) is 0 Å². The van der Waals surface area contributed by atoms with Gasteiger partial charge < -0.3 is 4.42 Å². The van der Waals surface area contributed by atoms with Crippen molar-refractivity contribution in [1.29, 1.82) is 0 Å². The summed E-state index contributed by atoms with van der Waals surface area (Å²) >= 11 is 0. The first-order valence-corrected chi connectivity index (χ1v) is 27.4. The fourth-order valence-electron chi connectivity index (χ4n) is 12.1. The molecule has 0 atom stereocenters. The Hall–Kier alpha value is -8.56. The monoisotopic (exact) mass is 906 g/mol. The van der Waals surface area contributed by atoms with Crippen LogP contribution in [0.1, 0.15) is 0 Å². The minimum absolute atomic E-state index is 0.899. The highest BCUT2D eigenvalue weighted by Crippen LogP contribution is 2.50. The van der Waals surface area contributed by atoms with E-state index in [1.165, 1.54) is 115 Å². The minimum Gasteiger partial charge on any atom is -0.456 e. The molecule has 0 saturated heterocycles. The molecular formula is C68H46OSi. The Balaban J connectivity index is 1.03. The van der Waals surface area contributed by atoms with Gasteiger partial charge in [-0.3, -0.25) is 0 Å². The third-order valence-corrected chi connectivity index (χ3v) is 18.9. The number of para-hydroxylation sites is 1. The van der Waals surface area contributed by atoms with Gasteiger partial charge >= 0.3 is 0 Å². The standard InChI is InChI=1S/C68H46OSi/c1-70(2)64-34-17-15-25-52(64)61-42-45(36-40-65(61)70)48-32-18-31-47(44-35-39-63-60(41-44)51-24-14-16-33-62(51)69-63)66(48)58-37-38-59(50-23-8-7-22-49(50)58)68-56-29-12-10-27-54(56)67(55-28-11-13-30-57(55)68)53-26-9-6-21-46(53)43-19-4-3-5-20-43/h3-42H,1-2H3. The molecule has 0 unspecified atom stereocenters. The van der Waals surface area contributed by atoms with E-state index < -0.39 is 8.07 Å². The van der Waals surface area contributed by atoms with Gasteiger partial charge in [0.15, 0.2) is 0 Å². The summed E-state index contributed by atoms with van der Waals surface area (Å²) in [6, 6.07) is 90.1. The van der Waals surface area contributed by atoms with Gasteiger partial charge in [0.2, 0.25) is 0 Å². The van der Waals surface area contributed by atoms with Crippen molar-refractivity contribution in [2.45, 2.75) is 13.1 Å². The molecule has 0 amide bonds. The molecule has 1 nitrogen and oxygen atoms in total. The lowest BCUT2D eigenvalue weighted by Crippen LogP contribution is -2.49. The Morgan fingerprint density at radius 3 is 1.37 bits per heavy atom. The van der Waals surface area contributed by atoms with E-state index in [0.717, 1.165) is 27.5 Å². The highest BCUT2D eigenvalue weighted by atomic mass is 28.3. The molecule has 0 N–H and O–H groups in total. The molecule has 1 aromatic heterocycles. The molecule has 14 rings (SSSR count). The number of fused-ring (bicyclic) bond motifs is 9. The van der Waals surface area contributed by atoms with Crippen LogP contribution in [0.4, 0.5) is 0 Å². The predicted octanol–water partition coefficient (Wildman–Crippen LogP) is 17.9. The van der Waals surface area contributed by atoms with Crippen molar-refractivity contribution in [2.24, 2.45) is 0 Å². The molecule has 1 aliphatic rings. The van der Waals surface area contributed by atoms with E-state index in [2.05, 4.69) is 250 Å². The lowest BCUT2D eigenvalue weighted by Gasteiger charge is -2.22. The molecule has 328 valence electrons. The second kappa shape index (κ2) is 15.7. The number of hydrogen-bond acceptors (Lipinski definition) is 1. The molecule has 70 heavy (non-hydrogen) atoms. The first kappa shape index (κ1) is 40.5. The number of furan rings is 1. The summed E-state index contributed by atoms with van der Waals surface area (Å²) in [7, 11) is -1.85. The summed E-state index contributed by atoms with van der Waals surface area (Å²) in [6.45, 7) is 4.99. The molecule has 0 bridgehead atoms. The average Bonchev–Trinajstić information content (AvgIpc) is 3.90. The van der Waals surface area contributed by atoms with E-state index in [1.54, 1.807) is 0 Å². The zero-order valence-corrected chi connectivity index (χ0v) is 40.0.